The number of halogens is 1. The van der Waals surface area contributed by atoms with E-state index in [1.807, 2.05) is 67.9 Å². The van der Waals surface area contributed by atoms with Crippen LogP contribution >= 0.6 is 11.6 Å². The number of amides is 2. The number of nitrogens with one attached hydrogen (secondary N) is 1. The zero-order chi connectivity index (χ0) is 26.8. The highest BCUT2D eigenvalue weighted by Crippen LogP contribution is 2.33. The van der Waals surface area contributed by atoms with Crippen molar-refractivity contribution in [1.29, 1.82) is 0 Å². The van der Waals surface area contributed by atoms with Crippen molar-refractivity contribution >= 4 is 29.4 Å². The summed E-state index contributed by atoms with van der Waals surface area (Å²) in [6, 6.07) is 20.0. The van der Waals surface area contributed by atoms with Gasteiger partial charge in [-0.15, -0.1) is 0 Å². The molecule has 194 valence electrons. The second kappa shape index (κ2) is 10.6. The SMILES string of the molecule is Cc1cccc(-n2cc(-c3ccc(Cl)cc3)nc2NC(=O)CN(C(=O)c2ccc3c(c2)OCO3)C(C)C)c1. The van der Waals surface area contributed by atoms with Crippen molar-refractivity contribution in [3.8, 4) is 28.4 Å². The molecule has 5 rings (SSSR count). The van der Waals surface area contributed by atoms with Crippen LogP contribution in [0.3, 0.4) is 0 Å². The Morgan fingerprint density at radius 2 is 1.82 bits per heavy atom. The summed E-state index contributed by atoms with van der Waals surface area (Å²) in [4.78, 5) is 32.8. The molecule has 1 N–H and O–H groups in total. The van der Waals surface area contributed by atoms with Crippen LogP contribution in [-0.2, 0) is 4.79 Å². The lowest BCUT2D eigenvalue weighted by atomic mass is 10.1. The van der Waals surface area contributed by atoms with Gasteiger partial charge in [0.1, 0.15) is 6.54 Å². The van der Waals surface area contributed by atoms with Crippen LogP contribution in [0, 0.1) is 6.92 Å². The topological polar surface area (TPSA) is 85.7 Å². The summed E-state index contributed by atoms with van der Waals surface area (Å²) >= 11 is 6.06. The van der Waals surface area contributed by atoms with Crippen molar-refractivity contribution in [3.63, 3.8) is 0 Å². The number of rotatable bonds is 7. The van der Waals surface area contributed by atoms with E-state index in [0.29, 0.717) is 33.7 Å². The van der Waals surface area contributed by atoms with Gasteiger partial charge in [-0.2, -0.15) is 0 Å². The van der Waals surface area contributed by atoms with Gasteiger partial charge in [0, 0.05) is 34.1 Å². The molecule has 0 saturated heterocycles. The summed E-state index contributed by atoms with van der Waals surface area (Å²) in [7, 11) is 0. The van der Waals surface area contributed by atoms with Gasteiger partial charge < -0.3 is 14.4 Å². The Kier molecular flexibility index (Phi) is 7.07. The molecular weight excluding hydrogens is 504 g/mol. The fourth-order valence-corrected chi connectivity index (χ4v) is 4.33. The van der Waals surface area contributed by atoms with Gasteiger partial charge in [-0.05, 0) is 68.8 Å². The maximum absolute atomic E-state index is 13.3. The molecule has 0 spiro atoms. The molecule has 1 aliphatic heterocycles. The molecule has 0 atom stereocenters. The van der Waals surface area contributed by atoms with E-state index in [0.717, 1.165) is 16.8 Å². The van der Waals surface area contributed by atoms with Gasteiger partial charge in [-0.1, -0.05) is 35.9 Å². The summed E-state index contributed by atoms with van der Waals surface area (Å²) in [6.07, 6.45) is 1.87. The summed E-state index contributed by atoms with van der Waals surface area (Å²) in [5.74, 6) is 0.811. The Morgan fingerprint density at radius 3 is 2.55 bits per heavy atom. The Morgan fingerprint density at radius 1 is 1.05 bits per heavy atom. The normalized spacial score (nSPS) is 12.0. The second-order valence-corrected chi connectivity index (χ2v) is 9.75. The van der Waals surface area contributed by atoms with Crippen molar-refractivity contribution in [2.24, 2.45) is 0 Å². The predicted molar refractivity (Wildman–Crippen MR) is 146 cm³/mol. The molecule has 38 heavy (non-hydrogen) atoms. The maximum atomic E-state index is 13.3. The van der Waals surface area contributed by atoms with Crippen LogP contribution in [0.5, 0.6) is 11.5 Å². The zero-order valence-corrected chi connectivity index (χ0v) is 22.0. The number of ether oxygens (including phenoxy) is 2. The average Bonchev–Trinajstić information content (AvgIpc) is 3.54. The second-order valence-electron chi connectivity index (χ2n) is 9.31. The Hall–Kier alpha value is -4.30. The largest absolute Gasteiger partial charge is 0.454 e. The van der Waals surface area contributed by atoms with Crippen LogP contribution in [0.15, 0.2) is 72.9 Å². The zero-order valence-electron chi connectivity index (χ0n) is 21.3. The van der Waals surface area contributed by atoms with E-state index in [1.54, 1.807) is 30.3 Å². The number of hydrogen-bond acceptors (Lipinski definition) is 5. The first-order valence-electron chi connectivity index (χ1n) is 12.2. The first kappa shape index (κ1) is 25.4. The third-order valence-corrected chi connectivity index (χ3v) is 6.45. The number of carbonyl (C=O) groups is 2. The van der Waals surface area contributed by atoms with Gasteiger partial charge in [0.2, 0.25) is 18.6 Å². The Labute approximate surface area is 225 Å². The molecule has 1 aromatic heterocycles. The molecule has 4 aromatic rings. The fraction of sp³-hybridized carbons (Fsp3) is 0.207. The van der Waals surface area contributed by atoms with E-state index in [2.05, 4.69) is 5.32 Å². The monoisotopic (exact) mass is 530 g/mol. The molecule has 0 aliphatic carbocycles. The summed E-state index contributed by atoms with van der Waals surface area (Å²) < 4.78 is 12.6. The van der Waals surface area contributed by atoms with E-state index >= 15 is 0 Å². The van der Waals surface area contributed by atoms with Crippen LogP contribution in [0.25, 0.3) is 16.9 Å². The molecule has 0 radical (unpaired) electrons. The first-order chi connectivity index (χ1) is 18.3. The standard InChI is InChI=1S/C29H27ClN4O4/c1-18(2)33(28(36)21-9-12-25-26(14-21)38-17-37-25)16-27(35)32-29-31-24(20-7-10-22(30)11-8-20)15-34(29)23-6-4-5-19(3)13-23/h4-15,18H,16-17H2,1-3H3,(H,31,32,35). The highest BCUT2D eigenvalue weighted by atomic mass is 35.5. The van der Waals surface area contributed by atoms with E-state index < -0.39 is 0 Å². The predicted octanol–water partition coefficient (Wildman–Crippen LogP) is 5.72. The quantitative estimate of drug-likeness (QED) is 0.330. The lowest BCUT2D eigenvalue weighted by Crippen LogP contribution is -2.42. The van der Waals surface area contributed by atoms with E-state index in [-0.39, 0.29) is 31.2 Å². The highest BCUT2D eigenvalue weighted by molar-refractivity contribution is 6.30. The van der Waals surface area contributed by atoms with Crippen molar-refractivity contribution < 1.29 is 19.1 Å². The maximum Gasteiger partial charge on any atom is 0.254 e. The summed E-state index contributed by atoms with van der Waals surface area (Å²) in [6.45, 7) is 5.70. The fourth-order valence-electron chi connectivity index (χ4n) is 4.21. The number of nitrogens with zero attached hydrogens (tertiary/aromatic N) is 3. The van der Waals surface area contributed by atoms with Crippen molar-refractivity contribution in [2.45, 2.75) is 26.8 Å². The minimum absolute atomic E-state index is 0.120. The molecule has 0 bridgehead atoms. The number of carbonyl (C=O) groups excluding carboxylic acids is 2. The summed E-state index contributed by atoms with van der Waals surface area (Å²) in [5.41, 5.74) is 3.88. The van der Waals surface area contributed by atoms with E-state index in [9.17, 15) is 9.59 Å². The molecule has 8 nitrogen and oxygen atoms in total. The molecule has 3 aromatic carbocycles. The Balaban J connectivity index is 1.41. The number of hydrogen-bond donors (Lipinski definition) is 1. The lowest BCUT2D eigenvalue weighted by molar-refractivity contribution is -0.117. The van der Waals surface area contributed by atoms with E-state index in [1.165, 1.54) is 4.90 Å². The molecule has 2 heterocycles. The average molecular weight is 531 g/mol. The third kappa shape index (κ3) is 5.35. The highest BCUT2D eigenvalue weighted by Gasteiger charge is 2.25. The Bertz CT molecular complexity index is 1500. The van der Waals surface area contributed by atoms with Crippen LogP contribution in [0.4, 0.5) is 5.95 Å². The molecular formula is C29H27ClN4O4. The van der Waals surface area contributed by atoms with E-state index in [4.69, 9.17) is 26.1 Å². The number of aryl methyl sites for hydroxylation is 1. The number of aromatic nitrogens is 2. The number of benzene rings is 3. The van der Waals surface area contributed by atoms with Crippen LogP contribution in [0.2, 0.25) is 5.02 Å². The van der Waals surface area contributed by atoms with Crippen molar-refractivity contribution in [1.82, 2.24) is 14.5 Å². The van der Waals surface area contributed by atoms with Gasteiger partial charge in [0.25, 0.3) is 5.91 Å². The van der Waals surface area contributed by atoms with Gasteiger partial charge >= 0.3 is 0 Å². The van der Waals surface area contributed by atoms with Crippen molar-refractivity contribution in [3.05, 3.63) is 89.1 Å². The molecule has 0 fully saturated rings. The smallest absolute Gasteiger partial charge is 0.254 e. The number of anilines is 1. The molecule has 0 unspecified atom stereocenters. The minimum atomic E-state index is -0.366. The summed E-state index contributed by atoms with van der Waals surface area (Å²) in [5, 5.41) is 3.54. The van der Waals surface area contributed by atoms with Crippen LogP contribution < -0.4 is 14.8 Å². The van der Waals surface area contributed by atoms with Crippen molar-refractivity contribution in [2.75, 3.05) is 18.7 Å². The van der Waals surface area contributed by atoms with Gasteiger partial charge in [-0.3, -0.25) is 19.5 Å². The van der Waals surface area contributed by atoms with Crippen LogP contribution in [-0.4, -0.2) is 45.6 Å². The first-order valence-corrected chi connectivity index (χ1v) is 12.6. The lowest BCUT2D eigenvalue weighted by Gasteiger charge is -2.26. The number of fused-ring (bicyclic) bond motifs is 1. The van der Waals surface area contributed by atoms with Crippen LogP contribution in [0.1, 0.15) is 29.8 Å². The van der Waals surface area contributed by atoms with Gasteiger partial charge in [0.05, 0.1) is 5.69 Å². The molecule has 0 saturated carbocycles. The number of imidazole rings is 1. The molecule has 1 aliphatic rings. The third-order valence-electron chi connectivity index (χ3n) is 6.19. The molecule has 2 amide bonds. The molecule has 9 heteroatoms. The van der Waals surface area contributed by atoms with Gasteiger partial charge in [-0.25, -0.2) is 4.98 Å². The van der Waals surface area contributed by atoms with Gasteiger partial charge in [0.15, 0.2) is 11.5 Å². The minimum Gasteiger partial charge on any atom is -0.454 e.